The molecule has 2 aliphatic heterocycles. The molecule has 0 spiro atoms. The molecule has 1 saturated heterocycles. The number of pyridine rings is 1. The Morgan fingerprint density at radius 1 is 0.870 bits per heavy atom. The van der Waals surface area contributed by atoms with Gasteiger partial charge in [-0.3, -0.25) is 4.68 Å². The van der Waals surface area contributed by atoms with Gasteiger partial charge in [-0.1, -0.05) is 36.4 Å². The lowest BCUT2D eigenvalue weighted by atomic mass is 9.99. The number of fused-ring (bicyclic) bond motifs is 7. The number of benzene rings is 3. The largest absolute Gasteiger partial charge is 0.493 e. The fourth-order valence-corrected chi connectivity index (χ4v) is 6.49. The van der Waals surface area contributed by atoms with Gasteiger partial charge in [0.15, 0.2) is 0 Å². The average Bonchev–Trinajstić information content (AvgIpc) is 3.63. The Labute approximate surface area is 268 Å². The maximum Gasteiger partial charge on any atom is 0.214 e. The van der Waals surface area contributed by atoms with Gasteiger partial charge in [0.25, 0.3) is 0 Å². The van der Waals surface area contributed by atoms with Gasteiger partial charge in [0.05, 0.1) is 41.7 Å². The third-order valence-electron chi connectivity index (χ3n) is 9.14. The summed E-state index contributed by atoms with van der Waals surface area (Å²) in [4.78, 5) is 9.97. The molecule has 0 aliphatic carbocycles. The Morgan fingerprint density at radius 2 is 1.78 bits per heavy atom. The van der Waals surface area contributed by atoms with Gasteiger partial charge in [0, 0.05) is 49.0 Å². The number of aromatic nitrogens is 5. The summed E-state index contributed by atoms with van der Waals surface area (Å²) in [5, 5.41) is 4.37. The number of hydrogen-bond donors (Lipinski definition) is 0. The first kappa shape index (κ1) is 28.5. The van der Waals surface area contributed by atoms with E-state index in [1.54, 1.807) is 0 Å². The average molecular weight is 612 g/mol. The molecule has 0 N–H and O–H groups in total. The van der Waals surface area contributed by atoms with Gasteiger partial charge in [-0.25, -0.2) is 9.97 Å². The van der Waals surface area contributed by atoms with Crippen LogP contribution in [0.5, 0.6) is 11.6 Å². The predicted octanol–water partition coefficient (Wildman–Crippen LogP) is 7.09. The van der Waals surface area contributed by atoms with E-state index in [0.717, 1.165) is 88.7 Å². The third-order valence-corrected chi connectivity index (χ3v) is 9.14. The Hall–Kier alpha value is -4.95. The standard InChI is InChI=1S/C38H37N5O3/c1-25-8-13-33-35(19-25)43(23-31-15-18-44-31)37(40-33)22-29-11-9-27-21-36(29)45-17-4-5-26-20-28(34-14-16-39-42(34)2)10-12-30(26)24-46-38-7-3-6-32(27)41-38/h3,6-14,16,19-21,31H,4-5,15,17-18,22-24H2,1-2H3. The van der Waals surface area contributed by atoms with Crippen molar-refractivity contribution < 1.29 is 14.2 Å². The zero-order chi connectivity index (χ0) is 31.0. The van der Waals surface area contributed by atoms with E-state index in [1.165, 1.54) is 11.1 Å². The molecule has 8 nitrogen and oxygen atoms in total. The first-order chi connectivity index (χ1) is 22.6. The highest BCUT2D eigenvalue weighted by molar-refractivity contribution is 5.77. The number of rotatable bonds is 5. The molecule has 0 radical (unpaired) electrons. The van der Waals surface area contributed by atoms with Crippen molar-refractivity contribution in [1.29, 1.82) is 0 Å². The van der Waals surface area contributed by atoms with E-state index >= 15 is 0 Å². The smallest absolute Gasteiger partial charge is 0.214 e. The van der Waals surface area contributed by atoms with E-state index in [0.29, 0.717) is 25.5 Å². The van der Waals surface area contributed by atoms with Crippen molar-refractivity contribution in [3.8, 4) is 34.1 Å². The second-order valence-electron chi connectivity index (χ2n) is 12.3. The molecule has 8 rings (SSSR count). The van der Waals surface area contributed by atoms with Crippen molar-refractivity contribution in [2.24, 2.45) is 7.05 Å². The van der Waals surface area contributed by atoms with E-state index in [4.69, 9.17) is 24.2 Å². The molecular weight excluding hydrogens is 574 g/mol. The highest BCUT2D eigenvalue weighted by atomic mass is 16.5. The SMILES string of the molecule is Cc1ccc2nc(Cc3ccc4cc3OCCCc3cc(-c5ccnn5C)ccc3COc3cccc-4n3)n(CC3CCO3)c2c1. The molecule has 2 aliphatic rings. The number of hydrogen-bond acceptors (Lipinski definition) is 6. The fraction of sp³-hybridized carbons (Fsp3) is 0.289. The fourth-order valence-electron chi connectivity index (χ4n) is 6.49. The Kier molecular flexibility index (Phi) is 7.50. The molecule has 232 valence electrons. The summed E-state index contributed by atoms with van der Waals surface area (Å²) in [5.41, 5.74) is 11.0. The lowest BCUT2D eigenvalue weighted by Gasteiger charge is -2.27. The molecule has 0 saturated carbocycles. The van der Waals surface area contributed by atoms with Gasteiger partial charge in [-0.2, -0.15) is 5.10 Å². The van der Waals surface area contributed by atoms with Crippen molar-refractivity contribution in [1.82, 2.24) is 24.3 Å². The Bertz CT molecular complexity index is 2040. The van der Waals surface area contributed by atoms with Gasteiger partial charge >= 0.3 is 0 Å². The van der Waals surface area contributed by atoms with Crippen LogP contribution in [-0.4, -0.2) is 43.6 Å². The minimum atomic E-state index is 0.232. The Morgan fingerprint density at radius 3 is 2.63 bits per heavy atom. The van der Waals surface area contributed by atoms with E-state index in [-0.39, 0.29) is 6.10 Å². The van der Waals surface area contributed by atoms with Crippen molar-refractivity contribution in [2.75, 3.05) is 13.2 Å². The van der Waals surface area contributed by atoms with E-state index < -0.39 is 0 Å². The summed E-state index contributed by atoms with van der Waals surface area (Å²) in [6.07, 6.45) is 5.53. The van der Waals surface area contributed by atoms with Crippen LogP contribution < -0.4 is 9.47 Å². The van der Waals surface area contributed by atoms with Crippen molar-refractivity contribution >= 4 is 11.0 Å². The molecule has 46 heavy (non-hydrogen) atoms. The highest BCUT2D eigenvalue weighted by Gasteiger charge is 2.23. The highest BCUT2D eigenvalue weighted by Crippen LogP contribution is 2.32. The molecule has 5 heterocycles. The summed E-state index contributed by atoms with van der Waals surface area (Å²) in [6.45, 7) is 4.81. The van der Waals surface area contributed by atoms with Crippen LogP contribution in [0.15, 0.2) is 85.1 Å². The first-order valence-electron chi connectivity index (χ1n) is 16.1. The second-order valence-corrected chi connectivity index (χ2v) is 12.3. The molecular formula is C38H37N5O3. The quantitative estimate of drug-likeness (QED) is 0.207. The van der Waals surface area contributed by atoms with Crippen LogP contribution in [0.4, 0.5) is 0 Å². The van der Waals surface area contributed by atoms with Crippen LogP contribution in [0.25, 0.3) is 33.5 Å². The summed E-state index contributed by atoms with van der Waals surface area (Å²) >= 11 is 0. The van der Waals surface area contributed by atoms with E-state index in [9.17, 15) is 0 Å². The maximum absolute atomic E-state index is 6.61. The first-order valence-corrected chi connectivity index (χ1v) is 16.1. The third kappa shape index (κ3) is 5.65. The number of imidazole rings is 1. The van der Waals surface area contributed by atoms with Crippen LogP contribution >= 0.6 is 0 Å². The predicted molar refractivity (Wildman–Crippen MR) is 178 cm³/mol. The van der Waals surface area contributed by atoms with Crippen molar-refractivity contribution in [3.05, 3.63) is 113 Å². The van der Waals surface area contributed by atoms with E-state index in [2.05, 4.69) is 71.2 Å². The van der Waals surface area contributed by atoms with Crippen LogP contribution in [0.1, 0.15) is 40.9 Å². The molecule has 3 aromatic heterocycles. The topological polar surface area (TPSA) is 76.2 Å². The minimum absolute atomic E-state index is 0.232. The van der Waals surface area contributed by atoms with Gasteiger partial charge in [-0.05, 0) is 79.3 Å². The second kappa shape index (κ2) is 12.1. The normalized spacial score (nSPS) is 16.2. The monoisotopic (exact) mass is 611 g/mol. The van der Waals surface area contributed by atoms with Gasteiger partial charge in [0.2, 0.25) is 5.88 Å². The molecule has 1 fully saturated rings. The zero-order valence-corrected chi connectivity index (χ0v) is 26.3. The zero-order valence-electron chi connectivity index (χ0n) is 26.3. The Balaban J connectivity index is 1.13. The molecule has 4 bridgehead atoms. The minimum Gasteiger partial charge on any atom is -0.493 e. The van der Waals surface area contributed by atoms with Crippen molar-refractivity contribution in [2.45, 2.75) is 51.9 Å². The molecule has 6 aromatic rings. The summed E-state index contributed by atoms with van der Waals surface area (Å²) < 4.78 is 23.0. The summed E-state index contributed by atoms with van der Waals surface area (Å²) in [6, 6.07) is 27.4. The van der Waals surface area contributed by atoms with Gasteiger partial charge in [0.1, 0.15) is 18.2 Å². The molecule has 8 heteroatoms. The molecule has 1 unspecified atom stereocenters. The van der Waals surface area contributed by atoms with Gasteiger partial charge < -0.3 is 18.8 Å². The molecule has 1 atom stereocenters. The van der Waals surface area contributed by atoms with Crippen LogP contribution in [-0.2, 0) is 37.8 Å². The maximum atomic E-state index is 6.61. The van der Waals surface area contributed by atoms with Crippen LogP contribution in [0, 0.1) is 6.92 Å². The number of ether oxygens (including phenoxy) is 3. The lowest BCUT2D eigenvalue weighted by Crippen LogP contribution is -2.31. The number of aryl methyl sites for hydroxylation is 3. The summed E-state index contributed by atoms with van der Waals surface area (Å²) in [5.74, 6) is 2.49. The molecule has 0 amide bonds. The van der Waals surface area contributed by atoms with E-state index in [1.807, 2.05) is 42.2 Å². The lowest BCUT2D eigenvalue weighted by molar-refractivity contribution is -0.0589. The van der Waals surface area contributed by atoms with Gasteiger partial charge in [-0.15, -0.1) is 0 Å². The number of nitrogens with zero attached hydrogens (tertiary/aromatic N) is 5. The van der Waals surface area contributed by atoms with Crippen LogP contribution in [0.3, 0.4) is 0 Å². The summed E-state index contributed by atoms with van der Waals surface area (Å²) in [7, 11) is 1.97. The molecule has 3 aromatic carbocycles. The van der Waals surface area contributed by atoms with Crippen LogP contribution in [0.2, 0.25) is 0 Å². The van der Waals surface area contributed by atoms with Crippen molar-refractivity contribution in [3.63, 3.8) is 0 Å².